The molecule has 3 aromatic rings. The molecule has 2 aromatic heterocycles. The van der Waals surface area contributed by atoms with Crippen molar-refractivity contribution in [2.45, 2.75) is 25.3 Å². The molecule has 1 aliphatic rings. The fraction of sp³-hybridized carbons (Fsp3) is 0.250. The molecule has 4 rings (SSSR count). The van der Waals surface area contributed by atoms with Crippen LogP contribution in [0.3, 0.4) is 0 Å². The number of nitrogens with zero attached hydrogens (tertiary/aromatic N) is 3. The molecular weight excluding hydrogens is 288 g/mol. The Hall–Kier alpha value is -2.50. The molecule has 112 valence electrons. The van der Waals surface area contributed by atoms with Gasteiger partial charge in [0, 0.05) is 24.4 Å². The smallest absolute Gasteiger partial charge is 0.276 e. The van der Waals surface area contributed by atoms with E-state index in [1.54, 1.807) is 16.9 Å². The summed E-state index contributed by atoms with van der Waals surface area (Å²) in [7, 11) is 0. The van der Waals surface area contributed by atoms with Gasteiger partial charge in [0.15, 0.2) is 0 Å². The molecule has 1 fully saturated rings. The standard InChI is InChI=1S/C16H13F2N3O/c17-12-5-10(6-13(18)7-12)9-20-3-4-21-15(16(20)22)8-14(19-21)11-1-2-11/h3-8,11H,1-2,9H2. The number of hydrogen-bond acceptors (Lipinski definition) is 2. The van der Waals surface area contributed by atoms with E-state index in [9.17, 15) is 13.6 Å². The van der Waals surface area contributed by atoms with Crippen molar-refractivity contribution in [3.63, 3.8) is 0 Å². The van der Waals surface area contributed by atoms with Gasteiger partial charge in [-0.1, -0.05) is 0 Å². The molecular formula is C16H13F2N3O. The molecule has 0 saturated heterocycles. The number of rotatable bonds is 3. The maximum absolute atomic E-state index is 13.2. The van der Waals surface area contributed by atoms with Crippen LogP contribution >= 0.6 is 0 Å². The van der Waals surface area contributed by atoms with Crippen LogP contribution in [0.1, 0.15) is 30.0 Å². The third kappa shape index (κ3) is 2.30. The van der Waals surface area contributed by atoms with E-state index < -0.39 is 11.6 Å². The monoisotopic (exact) mass is 301 g/mol. The van der Waals surface area contributed by atoms with Crippen molar-refractivity contribution in [3.05, 3.63) is 69.9 Å². The van der Waals surface area contributed by atoms with Gasteiger partial charge < -0.3 is 4.57 Å². The van der Waals surface area contributed by atoms with Crippen molar-refractivity contribution in [1.29, 1.82) is 0 Å². The summed E-state index contributed by atoms with van der Waals surface area (Å²) in [5, 5.41) is 4.40. The molecule has 0 unspecified atom stereocenters. The summed E-state index contributed by atoms with van der Waals surface area (Å²) in [5.41, 5.74) is 1.62. The minimum Gasteiger partial charge on any atom is -0.308 e. The van der Waals surface area contributed by atoms with Gasteiger partial charge in [0.1, 0.15) is 17.2 Å². The summed E-state index contributed by atoms with van der Waals surface area (Å²) in [5.74, 6) is -0.834. The van der Waals surface area contributed by atoms with E-state index in [0.29, 0.717) is 17.0 Å². The van der Waals surface area contributed by atoms with E-state index in [4.69, 9.17) is 0 Å². The van der Waals surface area contributed by atoms with E-state index in [2.05, 4.69) is 5.10 Å². The SMILES string of the molecule is O=c1c2cc(C3CC3)nn2ccn1Cc1cc(F)cc(F)c1. The van der Waals surface area contributed by atoms with Crippen molar-refractivity contribution in [2.75, 3.05) is 0 Å². The van der Waals surface area contributed by atoms with E-state index in [1.807, 2.05) is 6.07 Å². The predicted molar refractivity (Wildman–Crippen MR) is 76.9 cm³/mol. The van der Waals surface area contributed by atoms with Gasteiger partial charge in [-0.2, -0.15) is 5.10 Å². The Morgan fingerprint density at radius 2 is 1.82 bits per heavy atom. The molecule has 2 heterocycles. The summed E-state index contributed by atoms with van der Waals surface area (Å²) in [6, 6.07) is 5.08. The second-order valence-electron chi connectivity index (χ2n) is 5.68. The summed E-state index contributed by atoms with van der Waals surface area (Å²) in [6.07, 6.45) is 5.50. The van der Waals surface area contributed by atoms with Gasteiger partial charge >= 0.3 is 0 Å². The molecule has 4 nitrogen and oxygen atoms in total. The van der Waals surface area contributed by atoms with Crippen molar-refractivity contribution in [3.8, 4) is 0 Å². The van der Waals surface area contributed by atoms with Crippen LogP contribution in [-0.4, -0.2) is 14.2 Å². The Morgan fingerprint density at radius 1 is 1.09 bits per heavy atom. The number of aromatic nitrogens is 3. The van der Waals surface area contributed by atoms with Gasteiger partial charge in [0.25, 0.3) is 5.56 Å². The van der Waals surface area contributed by atoms with Gasteiger partial charge in [-0.3, -0.25) is 4.79 Å². The van der Waals surface area contributed by atoms with Crippen LogP contribution in [0.15, 0.2) is 41.5 Å². The quantitative estimate of drug-likeness (QED) is 0.746. The van der Waals surface area contributed by atoms with E-state index in [-0.39, 0.29) is 12.1 Å². The molecule has 0 aliphatic heterocycles. The number of hydrogen-bond donors (Lipinski definition) is 0. The minimum atomic E-state index is -0.649. The Morgan fingerprint density at radius 3 is 2.50 bits per heavy atom. The number of benzene rings is 1. The van der Waals surface area contributed by atoms with Crippen molar-refractivity contribution >= 4 is 5.52 Å². The maximum atomic E-state index is 13.2. The number of fused-ring (bicyclic) bond motifs is 1. The Balaban J connectivity index is 1.75. The zero-order chi connectivity index (χ0) is 15.3. The molecule has 6 heteroatoms. The molecule has 1 aromatic carbocycles. The average Bonchev–Trinajstić information content (AvgIpc) is 3.21. The second kappa shape index (κ2) is 4.76. The predicted octanol–water partition coefficient (Wildman–Crippen LogP) is 2.70. The number of halogens is 2. The van der Waals surface area contributed by atoms with E-state index >= 15 is 0 Å². The molecule has 0 amide bonds. The highest BCUT2D eigenvalue weighted by atomic mass is 19.1. The molecule has 0 radical (unpaired) electrons. The van der Waals surface area contributed by atoms with Crippen molar-refractivity contribution in [2.24, 2.45) is 0 Å². The molecule has 0 spiro atoms. The highest BCUT2D eigenvalue weighted by Crippen LogP contribution is 2.39. The van der Waals surface area contributed by atoms with Crippen LogP contribution in [0.4, 0.5) is 8.78 Å². The third-order valence-corrected chi connectivity index (χ3v) is 3.89. The lowest BCUT2D eigenvalue weighted by molar-refractivity contribution is 0.577. The first-order valence-electron chi connectivity index (χ1n) is 7.14. The molecule has 0 N–H and O–H groups in total. The summed E-state index contributed by atoms with van der Waals surface area (Å²) >= 11 is 0. The van der Waals surface area contributed by atoms with Gasteiger partial charge in [-0.05, 0) is 36.6 Å². The summed E-state index contributed by atoms with van der Waals surface area (Å²) in [4.78, 5) is 12.5. The third-order valence-electron chi connectivity index (χ3n) is 3.89. The fourth-order valence-corrected chi connectivity index (χ4v) is 2.65. The lowest BCUT2D eigenvalue weighted by Crippen LogP contribution is -2.21. The molecule has 0 bridgehead atoms. The fourth-order valence-electron chi connectivity index (χ4n) is 2.65. The Kier molecular flexibility index (Phi) is 2.85. The van der Waals surface area contributed by atoms with Crippen molar-refractivity contribution < 1.29 is 8.78 Å². The van der Waals surface area contributed by atoms with Crippen LogP contribution in [0.2, 0.25) is 0 Å². The van der Waals surface area contributed by atoms with Gasteiger partial charge in [-0.15, -0.1) is 0 Å². The maximum Gasteiger partial charge on any atom is 0.276 e. The Bertz CT molecular complexity index is 905. The normalized spacial score (nSPS) is 14.6. The van der Waals surface area contributed by atoms with Crippen LogP contribution in [0, 0.1) is 11.6 Å². The van der Waals surface area contributed by atoms with Crippen LogP contribution in [0.25, 0.3) is 5.52 Å². The lowest BCUT2D eigenvalue weighted by atomic mass is 10.2. The second-order valence-corrected chi connectivity index (χ2v) is 5.68. The molecule has 22 heavy (non-hydrogen) atoms. The summed E-state index contributed by atoms with van der Waals surface area (Å²) < 4.78 is 29.5. The van der Waals surface area contributed by atoms with Crippen molar-refractivity contribution in [1.82, 2.24) is 14.2 Å². The zero-order valence-electron chi connectivity index (χ0n) is 11.7. The molecule has 1 saturated carbocycles. The highest BCUT2D eigenvalue weighted by molar-refractivity contribution is 5.46. The minimum absolute atomic E-state index is 0.119. The van der Waals surface area contributed by atoms with Gasteiger partial charge in [0.2, 0.25) is 0 Å². The zero-order valence-corrected chi connectivity index (χ0v) is 11.7. The van der Waals surface area contributed by atoms with E-state index in [1.165, 1.54) is 16.7 Å². The van der Waals surface area contributed by atoms with Gasteiger partial charge in [0.05, 0.1) is 12.2 Å². The van der Waals surface area contributed by atoms with Crippen LogP contribution in [-0.2, 0) is 6.54 Å². The molecule has 1 aliphatic carbocycles. The molecule has 0 atom stereocenters. The highest BCUT2D eigenvalue weighted by Gasteiger charge is 2.26. The van der Waals surface area contributed by atoms with Gasteiger partial charge in [-0.25, -0.2) is 13.3 Å². The van der Waals surface area contributed by atoms with Crippen LogP contribution in [0.5, 0.6) is 0 Å². The summed E-state index contributed by atoms with van der Waals surface area (Å²) in [6.45, 7) is 0.119. The van der Waals surface area contributed by atoms with Crippen LogP contribution < -0.4 is 5.56 Å². The first-order valence-corrected chi connectivity index (χ1v) is 7.14. The average molecular weight is 301 g/mol. The Labute approximate surface area is 124 Å². The first-order chi connectivity index (χ1) is 10.6. The lowest BCUT2D eigenvalue weighted by Gasteiger charge is -2.06. The van der Waals surface area contributed by atoms with E-state index in [0.717, 1.165) is 24.6 Å². The largest absolute Gasteiger partial charge is 0.308 e. The topological polar surface area (TPSA) is 39.3 Å². The first kappa shape index (κ1) is 13.2.